The molecule has 0 radical (unpaired) electrons. The summed E-state index contributed by atoms with van der Waals surface area (Å²) in [7, 11) is -2.11. The van der Waals surface area contributed by atoms with Crippen molar-refractivity contribution in [2.24, 2.45) is 0 Å². The maximum Gasteiger partial charge on any atom is 0.240 e. The van der Waals surface area contributed by atoms with Crippen molar-refractivity contribution in [2.45, 2.75) is 36.3 Å². The maximum atomic E-state index is 12.9. The van der Waals surface area contributed by atoms with Crippen LogP contribution in [0.15, 0.2) is 29.2 Å². The molecule has 2 amide bonds. The van der Waals surface area contributed by atoms with Crippen LogP contribution < -0.4 is 10.2 Å². The number of benzene rings is 1. The van der Waals surface area contributed by atoms with Crippen molar-refractivity contribution in [3.8, 4) is 0 Å². The maximum absolute atomic E-state index is 12.9. The van der Waals surface area contributed by atoms with Gasteiger partial charge in [0.2, 0.25) is 11.8 Å². The number of fused-ring (bicyclic) bond motifs is 1. The van der Waals surface area contributed by atoms with E-state index in [1.165, 1.54) is 24.8 Å². The van der Waals surface area contributed by atoms with Gasteiger partial charge in [-0.2, -0.15) is 0 Å². The van der Waals surface area contributed by atoms with Crippen LogP contribution in [0.1, 0.15) is 26.7 Å². The predicted octanol–water partition coefficient (Wildman–Crippen LogP) is 1.13. The Morgan fingerprint density at radius 2 is 2.00 bits per heavy atom. The lowest BCUT2D eigenvalue weighted by Gasteiger charge is -2.22. The van der Waals surface area contributed by atoms with Crippen molar-refractivity contribution in [3.05, 3.63) is 24.3 Å². The molecule has 2 rings (SSSR count). The molecule has 0 atom stereocenters. The number of rotatable bonds is 6. The van der Waals surface area contributed by atoms with Gasteiger partial charge in [0, 0.05) is 26.7 Å². The molecule has 0 saturated heterocycles. The Labute approximate surface area is 148 Å². The number of amides is 2. The summed E-state index contributed by atoms with van der Waals surface area (Å²) in [4.78, 5) is 26.2. The zero-order valence-corrected chi connectivity index (χ0v) is 15.6. The number of ether oxygens (including phenoxy) is 1. The Morgan fingerprint density at radius 3 is 2.68 bits per heavy atom. The molecule has 1 aromatic carbocycles. The first-order chi connectivity index (χ1) is 11.7. The van der Waals surface area contributed by atoms with Crippen LogP contribution >= 0.6 is 0 Å². The van der Waals surface area contributed by atoms with Crippen LogP contribution in [0.2, 0.25) is 0 Å². The van der Waals surface area contributed by atoms with Gasteiger partial charge in [-0.25, -0.2) is 8.42 Å². The standard InChI is InChI=1S/C17H24N2O5S/c1-17(2)11-16(21)19(12-15(20)18-9-6-10-24-3)13-7-4-5-8-14(13)25(17,22)23/h4-5,7-8H,6,9-12H2,1-3H3,(H,18,20). The third kappa shape index (κ3) is 4.01. The van der Waals surface area contributed by atoms with Crippen LogP contribution in [0.3, 0.4) is 0 Å². The molecule has 0 spiro atoms. The number of methoxy groups -OCH3 is 1. The van der Waals surface area contributed by atoms with Crippen LogP contribution in [0, 0.1) is 0 Å². The van der Waals surface area contributed by atoms with Crippen LogP contribution in [0.5, 0.6) is 0 Å². The van der Waals surface area contributed by atoms with Crippen molar-refractivity contribution in [2.75, 3.05) is 31.7 Å². The van der Waals surface area contributed by atoms with Crippen LogP contribution in [-0.4, -0.2) is 51.8 Å². The molecule has 1 N–H and O–H groups in total. The van der Waals surface area contributed by atoms with E-state index in [0.717, 1.165) is 0 Å². The van der Waals surface area contributed by atoms with E-state index in [9.17, 15) is 18.0 Å². The summed E-state index contributed by atoms with van der Waals surface area (Å²) in [5, 5.41) is 2.72. The smallest absolute Gasteiger partial charge is 0.240 e. The lowest BCUT2D eigenvalue weighted by molar-refractivity contribution is -0.124. The molecule has 1 aromatic rings. The van der Waals surface area contributed by atoms with Gasteiger partial charge in [-0.05, 0) is 32.4 Å². The van der Waals surface area contributed by atoms with E-state index in [1.807, 2.05) is 0 Å². The average molecular weight is 368 g/mol. The minimum absolute atomic E-state index is 0.0815. The van der Waals surface area contributed by atoms with Crippen LogP contribution in [-0.2, 0) is 24.2 Å². The lowest BCUT2D eigenvalue weighted by Crippen LogP contribution is -2.42. The second-order valence-corrected chi connectivity index (χ2v) is 9.14. The SMILES string of the molecule is COCCCNC(=O)CN1C(=O)CC(C)(C)S(=O)(=O)c2ccccc21. The molecule has 0 aromatic heterocycles. The summed E-state index contributed by atoms with van der Waals surface area (Å²) in [5.74, 6) is -0.720. The number of para-hydroxylation sites is 1. The number of carbonyl (C=O) groups excluding carboxylic acids is 2. The van der Waals surface area contributed by atoms with Crippen molar-refractivity contribution >= 4 is 27.3 Å². The van der Waals surface area contributed by atoms with E-state index in [1.54, 1.807) is 25.3 Å². The summed E-state index contributed by atoms with van der Waals surface area (Å²) >= 11 is 0. The highest BCUT2D eigenvalue weighted by Gasteiger charge is 2.44. The van der Waals surface area contributed by atoms with Crippen LogP contribution in [0.25, 0.3) is 0 Å². The number of hydrogen-bond donors (Lipinski definition) is 1. The fourth-order valence-electron chi connectivity index (χ4n) is 2.71. The number of sulfone groups is 1. The van der Waals surface area contributed by atoms with Gasteiger partial charge in [0.15, 0.2) is 9.84 Å². The number of nitrogens with one attached hydrogen (secondary N) is 1. The molecular formula is C17H24N2O5S. The predicted molar refractivity (Wildman–Crippen MR) is 94.2 cm³/mol. The van der Waals surface area contributed by atoms with Crippen molar-refractivity contribution < 1.29 is 22.7 Å². The van der Waals surface area contributed by atoms with Crippen molar-refractivity contribution in [1.82, 2.24) is 5.32 Å². The minimum Gasteiger partial charge on any atom is -0.385 e. The fourth-order valence-corrected chi connectivity index (χ4v) is 4.33. The first kappa shape index (κ1) is 19.4. The zero-order valence-electron chi connectivity index (χ0n) is 14.7. The molecule has 0 bridgehead atoms. The zero-order chi connectivity index (χ0) is 18.7. The number of nitrogens with zero attached hydrogens (tertiary/aromatic N) is 1. The summed E-state index contributed by atoms with van der Waals surface area (Å²) in [6, 6.07) is 6.31. The van der Waals surface area contributed by atoms with Gasteiger partial charge in [-0.3, -0.25) is 9.59 Å². The topological polar surface area (TPSA) is 92.8 Å². The van der Waals surface area contributed by atoms with E-state index < -0.39 is 14.6 Å². The minimum atomic E-state index is -3.69. The monoisotopic (exact) mass is 368 g/mol. The Balaban J connectivity index is 2.29. The number of anilines is 1. The molecule has 8 heteroatoms. The first-order valence-electron chi connectivity index (χ1n) is 8.10. The van der Waals surface area contributed by atoms with Crippen molar-refractivity contribution in [1.29, 1.82) is 0 Å². The molecular weight excluding hydrogens is 344 g/mol. The highest BCUT2D eigenvalue weighted by Crippen LogP contribution is 2.38. The van der Waals surface area contributed by atoms with Gasteiger partial charge in [-0.1, -0.05) is 12.1 Å². The van der Waals surface area contributed by atoms with E-state index in [4.69, 9.17) is 4.74 Å². The molecule has 1 aliphatic heterocycles. The number of hydrogen-bond acceptors (Lipinski definition) is 5. The second kappa shape index (κ2) is 7.53. The summed E-state index contributed by atoms with van der Waals surface area (Å²) in [6.07, 6.45) is 0.481. The van der Waals surface area contributed by atoms with Gasteiger partial charge in [0.05, 0.1) is 15.3 Å². The number of carbonyl (C=O) groups is 2. The van der Waals surface area contributed by atoms with Crippen molar-refractivity contribution in [3.63, 3.8) is 0 Å². The normalized spacial score (nSPS) is 18.4. The third-order valence-electron chi connectivity index (χ3n) is 4.20. The van der Waals surface area contributed by atoms with E-state index in [2.05, 4.69) is 5.32 Å². The molecule has 0 unspecified atom stereocenters. The first-order valence-corrected chi connectivity index (χ1v) is 9.58. The molecule has 0 aliphatic carbocycles. The summed E-state index contributed by atoms with van der Waals surface area (Å²) in [6.45, 7) is 3.81. The Morgan fingerprint density at radius 1 is 1.32 bits per heavy atom. The van der Waals surface area contributed by atoms with Crippen LogP contribution in [0.4, 0.5) is 5.69 Å². The van der Waals surface area contributed by atoms with Gasteiger partial charge in [-0.15, -0.1) is 0 Å². The second-order valence-electron chi connectivity index (χ2n) is 6.58. The quantitative estimate of drug-likeness (QED) is 0.760. The van der Waals surface area contributed by atoms with E-state index in [-0.39, 0.29) is 35.4 Å². The highest BCUT2D eigenvalue weighted by atomic mass is 32.2. The molecule has 1 aliphatic rings. The van der Waals surface area contributed by atoms with Gasteiger partial charge >= 0.3 is 0 Å². The van der Waals surface area contributed by atoms with Gasteiger partial charge < -0.3 is 15.0 Å². The van der Waals surface area contributed by atoms with E-state index in [0.29, 0.717) is 19.6 Å². The highest BCUT2D eigenvalue weighted by molar-refractivity contribution is 7.93. The summed E-state index contributed by atoms with van der Waals surface area (Å²) < 4.78 is 29.4. The Kier molecular flexibility index (Phi) is 5.84. The molecule has 0 saturated carbocycles. The van der Waals surface area contributed by atoms with E-state index >= 15 is 0 Å². The molecule has 7 nitrogen and oxygen atoms in total. The fraction of sp³-hybridized carbons (Fsp3) is 0.529. The molecule has 25 heavy (non-hydrogen) atoms. The molecule has 138 valence electrons. The molecule has 1 heterocycles. The largest absolute Gasteiger partial charge is 0.385 e. The summed E-state index contributed by atoms with van der Waals surface area (Å²) in [5.41, 5.74) is 0.255. The third-order valence-corrected chi connectivity index (χ3v) is 6.72. The Bertz CT molecular complexity index is 758. The Hall–Kier alpha value is -1.93. The molecule has 0 fully saturated rings. The average Bonchev–Trinajstić information content (AvgIpc) is 2.60. The van der Waals surface area contributed by atoms with Gasteiger partial charge in [0.1, 0.15) is 6.54 Å². The van der Waals surface area contributed by atoms with Gasteiger partial charge in [0.25, 0.3) is 0 Å². The lowest BCUT2D eigenvalue weighted by atomic mass is 10.1.